The summed E-state index contributed by atoms with van der Waals surface area (Å²) in [6.07, 6.45) is 2.95. The maximum atomic E-state index is 13.9. The third kappa shape index (κ3) is 7.52. The summed E-state index contributed by atoms with van der Waals surface area (Å²) < 4.78 is 14.3. The van der Waals surface area contributed by atoms with Gasteiger partial charge in [-0.2, -0.15) is 4.98 Å². The van der Waals surface area contributed by atoms with E-state index in [9.17, 15) is 9.90 Å². The van der Waals surface area contributed by atoms with Crippen LogP contribution in [0.15, 0.2) is 193 Å². The number of rotatable bonds is 13. The first kappa shape index (κ1) is 37.6. The predicted octanol–water partition coefficient (Wildman–Crippen LogP) is 9.37. The third-order valence-electron chi connectivity index (χ3n) is 11.5. The highest BCUT2D eigenvalue weighted by molar-refractivity contribution is 5.58. The minimum Gasteiger partial charge on any atom is -0.497 e. The highest BCUT2D eigenvalue weighted by Gasteiger charge is 2.41. The molecule has 7 nitrogen and oxygen atoms in total. The van der Waals surface area contributed by atoms with E-state index in [4.69, 9.17) is 9.47 Å². The fraction of sp³-hybridized carbons (Fsp3) is 0.200. The first-order valence-corrected chi connectivity index (χ1v) is 19.6. The Morgan fingerprint density at radius 2 is 1.09 bits per heavy atom. The number of aliphatic hydroxyl groups excluding tert-OH is 1. The van der Waals surface area contributed by atoms with Crippen LogP contribution in [0, 0.1) is 5.92 Å². The molecule has 1 aromatic heterocycles. The van der Waals surface area contributed by atoms with Crippen LogP contribution in [0.25, 0.3) is 0 Å². The van der Waals surface area contributed by atoms with Crippen molar-refractivity contribution in [2.45, 2.75) is 42.5 Å². The van der Waals surface area contributed by atoms with Crippen LogP contribution in [0.2, 0.25) is 0 Å². The number of benzene rings is 6. The van der Waals surface area contributed by atoms with Crippen molar-refractivity contribution >= 4 is 5.82 Å². The van der Waals surface area contributed by atoms with Crippen molar-refractivity contribution in [2.75, 3.05) is 19.0 Å². The quantitative estimate of drug-likeness (QED) is 0.114. The summed E-state index contributed by atoms with van der Waals surface area (Å²) in [7, 11) is 1.65. The van der Waals surface area contributed by atoms with E-state index in [1.54, 1.807) is 11.7 Å². The molecular weight excluding hydrogens is 707 g/mol. The average molecular weight is 754 g/mol. The van der Waals surface area contributed by atoms with Crippen molar-refractivity contribution in [3.63, 3.8) is 0 Å². The van der Waals surface area contributed by atoms with E-state index in [2.05, 4.69) is 71.0 Å². The van der Waals surface area contributed by atoms with E-state index < -0.39 is 17.2 Å². The molecule has 0 bridgehead atoms. The molecule has 0 unspecified atom stereocenters. The summed E-state index contributed by atoms with van der Waals surface area (Å²) in [6.45, 7) is 0.342. The summed E-state index contributed by atoms with van der Waals surface area (Å²) in [5.74, 6) is 1.07. The monoisotopic (exact) mass is 753 g/mol. The van der Waals surface area contributed by atoms with Crippen molar-refractivity contribution in [3.8, 4) is 5.75 Å². The number of aliphatic hydroxyl groups is 1. The SMILES string of the molecule is COc1ccc(C(Nc2ccn([C@@H]3CC[C@H](COC(c4ccccc4)(c4ccccc4)c4ccccc4)[C@@H](O)C3)c(=O)n2)(c2ccccc2)c2ccccc2)cc1. The molecule has 7 heteroatoms. The minimum absolute atomic E-state index is 0.122. The van der Waals surface area contributed by atoms with Crippen LogP contribution in [0.4, 0.5) is 5.82 Å². The standard InChI is InChI=1S/C50H47N3O4/c1-56-45-31-28-40(29-32-45)49(38-17-7-2-8-18-38,39-19-9-3-10-20-39)52-47-33-34-53(48(55)51-47)44-30-27-37(46(54)35-44)36-57-50(41-21-11-4-12-22-41,42-23-13-5-14-24-42)43-25-15-6-16-26-43/h2-26,28-29,31-34,37,44,46,54H,27,30,35-36H2,1H3,(H,51,52,55)/t37-,44-,46+/m1/s1. The van der Waals surface area contributed by atoms with Crippen LogP contribution >= 0.6 is 0 Å². The van der Waals surface area contributed by atoms with Gasteiger partial charge in [-0.05, 0) is 70.8 Å². The van der Waals surface area contributed by atoms with Gasteiger partial charge in [0.25, 0.3) is 0 Å². The molecule has 1 aliphatic rings. The molecule has 7 aromatic rings. The van der Waals surface area contributed by atoms with E-state index in [1.165, 1.54) is 0 Å². The van der Waals surface area contributed by atoms with Gasteiger partial charge in [0.1, 0.15) is 22.7 Å². The normalized spacial score (nSPS) is 17.1. The third-order valence-corrected chi connectivity index (χ3v) is 11.5. The van der Waals surface area contributed by atoms with Crippen LogP contribution in [-0.2, 0) is 15.9 Å². The molecule has 286 valence electrons. The number of nitrogens with one attached hydrogen (secondary N) is 1. The van der Waals surface area contributed by atoms with Gasteiger partial charge in [-0.1, -0.05) is 164 Å². The van der Waals surface area contributed by atoms with Gasteiger partial charge in [0.05, 0.1) is 19.8 Å². The average Bonchev–Trinajstić information content (AvgIpc) is 3.28. The Morgan fingerprint density at radius 1 is 0.632 bits per heavy atom. The first-order valence-electron chi connectivity index (χ1n) is 19.6. The van der Waals surface area contributed by atoms with Crippen molar-refractivity contribution in [1.82, 2.24) is 9.55 Å². The predicted molar refractivity (Wildman–Crippen MR) is 225 cm³/mol. The smallest absolute Gasteiger partial charge is 0.349 e. The lowest BCUT2D eigenvalue weighted by atomic mass is 9.77. The molecule has 0 aliphatic heterocycles. The van der Waals surface area contributed by atoms with Gasteiger partial charge in [-0.25, -0.2) is 4.79 Å². The lowest BCUT2D eigenvalue weighted by Crippen LogP contribution is -2.41. The number of nitrogens with zero attached hydrogens (tertiary/aromatic N) is 2. The molecule has 1 saturated carbocycles. The summed E-state index contributed by atoms with van der Waals surface area (Å²) >= 11 is 0. The second-order valence-electron chi connectivity index (χ2n) is 14.7. The lowest BCUT2D eigenvalue weighted by molar-refractivity contribution is -0.0556. The Hall–Kier alpha value is -6.28. The van der Waals surface area contributed by atoms with Crippen molar-refractivity contribution in [3.05, 3.63) is 232 Å². The zero-order valence-corrected chi connectivity index (χ0v) is 32.0. The van der Waals surface area contributed by atoms with Gasteiger partial charge >= 0.3 is 5.69 Å². The summed E-state index contributed by atoms with van der Waals surface area (Å²) in [5.41, 5.74) is 3.90. The molecule has 1 aliphatic carbocycles. The molecule has 6 aromatic carbocycles. The maximum absolute atomic E-state index is 13.9. The van der Waals surface area contributed by atoms with Gasteiger partial charge in [0, 0.05) is 18.2 Å². The van der Waals surface area contributed by atoms with Crippen molar-refractivity contribution in [2.24, 2.45) is 5.92 Å². The van der Waals surface area contributed by atoms with E-state index in [0.717, 1.165) is 39.1 Å². The molecule has 0 saturated heterocycles. The fourth-order valence-corrected chi connectivity index (χ4v) is 8.52. The van der Waals surface area contributed by atoms with Crippen LogP contribution in [0.1, 0.15) is 58.7 Å². The number of ether oxygens (including phenoxy) is 2. The molecule has 2 N–H and O–H groups in total. The van der Waals surface area contributed by atoms with Gasteiger partial charge in [0.2, 0.25) is 0 Å². The molecule has 8 rings (SSSR count). The summed E-state index contributed by atoms with van der Waals surface area (Å²) in [6, 6.07) is 60.9. The Bertz CT molecular complexity index is 2250. The van der Waals surface area contributed by atoms with Crippen LogP contribution in [0.3, 0.4) is 0 Å². The Kier molecular flexibility index (Phi) is 11.1. The minimum atomic E-state index is -0.872. The topological polar surface area (TPSA) is 85.6 Å². The highest BCUT2D eigenvalue weighted by Crippen LogP contribution is 2.43. The van der Waals surface area contributed by atoms with Crippen molar-refractivity contribution < 1.29 is 14.6 Å². The summed E-state index contributed by atoms with van der Waals surface area (Å²) in [4.78, 5) is 18.5. The number of methoxy groups -OCH3 is 1. The first-order chi connectivity index (χ1) is 28.0. The van der Waals surface area contributed by atoms with E-state index in [1.807, 2.05) is 128 Å². The molecule has 0 radical (unpaired) electrons. The van der Waals surface area contributed by atoms with Gasteiger partial charge in [-0.3, -0.25) is 4.57 Å². The van der Waals surface area contributed by atoms with Gasteiger partial charge in [-0.15, -0.1) is 0 Å². The van der Waals surface area contributed by atoms with Crippen molar-refractivity contribution in [1.29, 1.82) is 0 Å². The van der Waals surface area contributed by atoms with E-state index in [-0.39, 0.29) is 17.6 Å². The van der Waals surface area contributed by atoms with Crippen LogP contribution in [-0.4, -0.2) is 34.5 Å². The highest BCUT2D eigenvalue weighted by atomic mass is 16.5. The lowest BCUT2D eigenvalue weighted by Gasteiger charge is -2.40. The Balaban J connectivity index is 1.05. The fourth-order valence-electron chi connectivity index (χ4n) is 8.52. The van der Waals surface area contributed by atoms with E-state index >= 15 is 0 Å². The molecule has 57 heavy (non-hydrogen) atoms. The van der Waals surface area contributed by atoms with Gasteiger partial charge < -0.3 is 19.9 Å². The second kappa shape index (κ2) is 16.8. The zero-order chi connectivity index (χ0) is 39.1. The number of aromatic nitrogens is 2. The van der Waals surface area contributed by atoms with E-state index in [0.29, 0.717) is 31.7 Å². The number of hydrogen-bond donors (Lipinski definition) is 2. The molecule has 0 amide bonds. The number of anilines is 1. The Labute approximate surface area is 334 Å². The summed E-state index contributed by atoms with van der Waals surface area (Å²) in [5, 5.41) is 15.4. The number of hydrogen-bond acceptors (Lipinski definition) is 6. The molecule has 1 heterocycles. The molecule has 3 atom stereocenters. The largest absolute Gasteiger partial charge is 0.497 e. The second-order valence-corrected chi connectivity index (χ2v) is 14.7. The molecule has 1 fully saturated rings. The zero-order valence-electron chi connectivity index (χ0n) is 32.0. The van der Waals surface area contributed by atoms with Crippen LogP contribution < -0.4 is 15.7 Å². The van der Waals surface area contributed by atoms with Gasteiger partial charge in [0.15, 0.2) is 0 Å². The maximum Gasteiger partial charge on any atom is 0.349 e. The Morgan fingerprint density at radius 3 is 1.53 bits per heavy atom. The molecule has 0 spiro atoms. The molecular formula is C50H47N3O4. The van der Waals surface area contributed by atoms with Crippen LogP contribution in [0.5, 0.6) is 5.75 Å².